The Balaban J connectivity index is 1.85. The van der Waals surface area contributed by atoms with Gasteiger partial charge in [-0.25, -0.2) is 0 Å². The van der Waals surface area contributed by atoms with Gasteiger partial charge in [0, 0.05) is 0 Å². The molecule has 3 heteroatoms. The van der Waals surface area contributed by atoms with Crippen LogP contribution in [0, 0.1) is 0 Å². The van der Waals surface area contributed by atoms with E-state index in [2.05, 4.69) is 60.8 Å². The molecule has 0 aliphatic rings. The molecule has 0 saturated carbocycles. The second-order valence-corrected chi connectivity index (χ2v) is 8.62. The summed E-state index contributed by atoms with van der Waals surface area (Å²) in [6, 6.07) is 40.7. The predicted octanol–water partition coefficient (Wildman–Crippen LogP) is 6.30. The summed E-state index contributed by atoms with van der Waals surface area (Å²) in [5, 5.41) is 3.79. The molecule has 0 spiro atoms. The molecule has 4 aromatic carbocycles. The van der Waals surface area contributed by atoms with Crippen molar-refractivity contribution >= 4 is 5.97 Å². The second kappa shape index (κ2) is 11.0. The number of benzene rings is 4. The van der Waals surface area contributed by atoms with Crippen LogP contribution in [0.5, 0.6) is 0 Å². The van der Waals surface area contributed by atoms with Crippen LogP contribution < -0.4 is 5.32 Å². The van der Waals surface area contributed by atoms with Gasteiger partial charge in [-0.05, 0) is 34.6 Å². The number of carbonyl (C=O) groups excluding carboxylic acids is 1. The number of nitrogens with one attached hydrogen (secondary N) is 1. The molecule has 0 aliphatic heterocycles. The van der Waals surface area contributed by atoms with Gasteiger partial charge in [0.2, 0.25) is 0 Å². The van der Waals surface area contributed by atoms with Crippen molar-refractivity contribution in [3.05, 3.63) is 144 Å². The lowest BCUT2D eigenvalue weighted by molar-refractivity contribution is -0.143. The molecule has 0 saturated heterocycles. The Hall–Kier alpha value is -3.69. The first kappa shape index (κ1) is 23.5. The lowest BCUT2D eigenvalue weighted by Gasteiger charge is -2.40. The fraction of sp³-hybridized carbons (Fsp3) is 0.194. The summed E-state index contributed by atoms with van der Waals surface area (Å²) in [5.41, 5.74) is 3.65. The van der Waals surface area contributed by atoms with E-state index in [0.29, 0.717) is 6.42 Å². The van der Waals surface area contributed by atoms with Crippen molar-refractivity contribution < 1.29 is 9.53 Å². The maximum absolute atomic E-state index is 13.2. The van der Waals surface area contributed by atoms with Crippen LogP contribution in [0.3, 0.4) is 0 Å². The zero-order chi connectivity index (χ0) is 23.8. The van der Waals surface area contributed by atoms with Gasteiger partial charge in [0.05, 0.1) is 12.6 Å². The van der Waals surface area contributed by atoms with E-state index in [1.807, 2.05) is 72.8 Å². The van der Waals surface area contributed by atoms with Gasteiger partial charge < -0.3 is 4.74 Å². The van der Waals surface area contributed by atoms with Gasteiger partial charge in [-0.2, -0.15) is 0 Å². The van der Waals surface area contributed by atoms with E-state index in [-0.39, 0.29) is 11.9 Å². The molecular weight excluding hydrogens is 418 g/mol. The molecular formula is C31H31NO2. The van der Waals surface area contributed by atoms with Gasteiger partial charge in [-0.15, -0.1) is 0 Å². The highest BCUT2D eigenvalue weighted by atomic mass is 16.5. The first-order valence-electron chi connectivity index (χ1n) is 11.7. The van der Waals surface area contributed by atoms with Gasteiger partial charge in [-0.3, -0.25) is 10.1 Å². The fourth-order valence-corrected chi connectivity index (χ4v) is 4.70. The minimum absolute atomic E-state index is 0.165. The maximum atomic E-state index is 13.2. The standard InChI is InChI=1S/C31H31NO2/c1-24(25-15-7-3-8-16-25)23-29(30(33)34-2)32-31(26-17-9-4-10-18-26,27-19-11-5-12-20-27)28-21-13-6-14-22-28/h3-22,24,29,32H,23H2,1-2H3. The highest BCUT2D eigenvalue weighted by Crippen LogP contribution is 2.38. The highest BCUT2D eigenvalue weighted by Gasteiger charge is 2.40. The van der Waals surface area contributed by atoms with Crippen LogP contribution in [0.25, 0.3) is 0 Å². The SMILES string of the molecule is COC(=O)C(CC(C)c1ccccc1)NC(c1ccccc1)(c1ccccc1)c1ccccc1. The van der Waals surface area contributed by atoms with Crippen LogP contribution in [0.1, 0.15) is 41.5 Å². The second-order valence-electron chi connectivity index (χ2n) is 8.62. The number of methoxy groups -OCH3 is 1. The highest BCUT2D eigenvalue weighted by molar-refractivity contribution is 5.76. The molecule has 2 unspecified atom stereocenters. The number of ether oxygens (including phenoxy) is 1. The summed E-state index contributed by atoms with van der Waals surface area (Å²) in [4.78, 5) is 13.2. The van der Waals surface area contributed by atoms with Crippen molar-refractivity contribution in [3.8, 4) is 0 Å². The first-order valence-corrected chi connectivity index (χ1v) is 11.7. The van der Waals surface area contributed by atoms with Gasteiger partial charge in [-0.1, -0.05) is 128 Å². The van der Waals surface area contributed by atoms with Gasteiger partial charge in [0.1, 0.15) is 6.04 Å². The van der Waals surface area contributed by atoms with Gasteiger partial charge >= 0.3 is 5.97 Å². The van der Waals surface area contributed by atoms with Crippen molar-refractivity contribution in [2.24, 2.45) is 0 Å². The molecule has 172 valence electrons. The predicted molar refractivity (Wildman–Crippen MR) is 138 cm³/mol. The minimum atomic E-state index is -0.737. The summed E-state index contributed by atoms with van der Waals surface area (Å²) in [6.45, 7) is 2.15. The van der Waals surface area contributed by atoms with Crippen LogP contribution in [0.4, 0.5) is 0 Å². The Morgan fingerprint density at radius 3 is 1.47 bits per heavy atom. The van der Waals surface area contributed by atoms with E-state index in [1.165, 1.54) is 12.7 Å². The van der Waals surface area contributed by atoms with E-state index < -0.39 is 11.6 Å². The third kappa shape index (κ3) is 4.95. The van der Waals surface area contributed by atoms with Gasteiger partial charge in [0.15, 0.2) is 0 Å². The largest absolute Gasteiger partial charge is 0.468 e. The Morgan fingerprint density at radius 1 is 0.706 bits per heavy atom. The molecule has 0 heterocycles. The molecule has 0 bridgehead atoms. The van der Waals surface area contributed by atoms with Crippen LogP contribution in [0.2, 0.25) is 0 Å². The first-order chi connectivity index (χ1) is 16.6. The number of esters is 1. The van der Waals surface area contributed by atoms with Gasteiger partial charge in [0.25, 0.3) is 0 Å². The lowest BCUT2D eigenvalue weighted by atomic mass is 9.76. The molecule has 0 aliphatic carbocycles. The number of hydrogen-bond acceptors (Lipinski definition) is 3. The third-order valence-electron chi connectivity index (χ3n) is 6.45. The van der Waals surface area contributed by atoms with Crippen LogP contribution in [0.15, 0.2) is 121 Å². The summed E-state index contributed by atoms with van der Waals surface area (Å²) in [5.74, 6) is -0.104. The van der Waals surface area contributed by atoms with E-state index in [4.69, 9.17) is 4.74 Å². The van der Waals surface area contributed by atoms with Crippen molar-refractivity contribution in [1.82, 2.24) is 5.32 Å². The Morgan fingerprint density at radius 2 is 1.09 bits per heavy atom. The molecule has 34 heavy (non-hydrogen) atoms. The fourth-order valence-electron chi connectivity index (χ4n) is 4.70. The zero-order valence-corrected chi connectivity index (χ0v) is 19.7. The molecule has 4 aromatic rings. The molecule has 0 amide bonds. The molecule has 2 atom stereocenters. The molecule has 0 aromatic heterocycles. The number of carbonyl (C=O) groups is 1. The van der Waals surface area contributed by atoms with Crippen molar-refractivity contribution in [3.63, 3.8) is 0 Å². The molecule has 3 nitrogen and oxygen atoms in total. The normalized spacial score (nSPS) is 13.1. The van der Waals surface area contributed by atoms with Crippen LogP contribution in [-0.2, 0) is 15.1 Å². The average molecular weight is 450 g/mol. The van der Waals surface area contributed by atoms with Crippen molar-refractivity contribution in [1.29, 1.82) is 0 Å². The number of rotatable bonds is 9. The quantitative estimate of drug-likeness (QED) is 0.241. The van der Waals surface area contributed by atoms with Crippen molar-refractivity contribution in [2.75, 3.05) is 7.11 Å². The Kier molecular flexibility index (Phi) is 7.56. The van der Waals surface area contributed by atoms with E-state index in [9.17, 15) is 4.79 Å². The summed E-state index contributed by atoms with van der Waals surface area (Å²) < 4.78 is 5.30. The molecule has 4 rings (SSSR count). The lowest BCUT2D eigenvalue weighted by Crippen LogP contribution is -2.53. The minimum Gasteiger partial charge on any atom is -0.468 e. The Bertz CT molecular complexity index is 1060. The summed E-state index contributed by atoms with van der Waals surface area (Å²) in [6.07, 6.45) is 0.602. The summed E-state index contributed by atoms with van der Waals surface area (Å²) >= 11 is 0. The summed E-state index contributed by atoms with van der Waals surface area (Å²) in [7, 11) is 1.46. The molecule has 0 radical (unpaired) electrons. The van der Waals surface area contributed by atoms with Crippen LogP contribution >= 0.6 is 0 Å². The maximum Gasteiger partial charge on any atom is 0.322 e. The topological polar surface area (TPSA) is 38.3 Å². The monoisotopic (exact) mass is 449 g/mol. The van der Waals surface area contributed by atoms with E-state index >= 15 is 0 Å². The average Bonchev–Trinajstić information content (AvgIpc) is 2.92. The van der Waals surface area contributed by atoms with E-state index in [0.717, 1.165) is 16.7 Å². The Labute approximate surface area is 202 Å². The zero-order valence-electron chi connectivity index (χ0n) is 19.7. The number of hydrogen-bond donors (Lipinski definition) is 1. The smallest absolute Gasteiger partial charge is 0.322 e. The molecule has 0 fully saturated rings. The molecule has 1 N–H and O–H groups in total. The van der Waals surface area contributed by atoms with Crippen molar-refractivity contribution in [2.45, 2.75) is 30.8 Å². The van der Waals surface area contributed by atoms with E-state index in [1.54, 1.807) is 0 Å². The third-order valence-corrected chi connectivity index (χ3v) is 6.45. The van der Waals surface area contributed by atoms with Crippen LogP contribution in [-0.4, -0.2) is 19.1 Å².